The number of rotatable bonds is 8. The smallest absolute Gasteiger partial charge is 0.324 e. The van der Waals surface area contributed by atoms with Crippen LogP contribution in [0.4, 0.5) is 21.2 Å². The molecule has 0 saturated carbocycles. The quantitative estimate of drug-likeness (QED) is 0.311. The van der Waals surface area contributed by atoms with Crippen LogP contribution in [0.3, 0.4) is 0 Å². The van der Waals surface area contributed by atoms with Crippen LogP contribution in [0.25, 0.3) is 0 Å². The van der Waals surface area contributed by atoms with Crippen LogP contribution >= 0.6 is 11.3 Å². The molecule has 0 saturated heterocycles. The third-order valence-corrected chi connectivity index (χ3v) is 5.38. The van der Waals surface area contributed by atoms with E-state index in [1.165, 1.54) is 11.3 Å². The molecule has 162 valence electrons. The van der Waals surface area contributed by atoms with Crippen LogP contribution < -0.4 is 16.0 Å². The Balaban J connectivity index is 1.29. The van der Waals surface area contributed by atoms with E-state index in [0.717, 1.165) is 11.3 Å². The zero-order valence-corrected chi connectivity index (χ0v) is 17.9. The number of carbonyl (C=O) groups excluding carboxylic acids is 2. The lowest BCUT2D eigenvalue weighted by Crippen LogP contribution is -2.18. The first-order chi connectivity index (χ1) is 15.7. The van der Waals surface area contributed by atoms with Gasteiger partial charge in [-0.05, 0) is 54.1 Å². The highest BCUT2D eigenvalue weighted by molar-refractivity contribution is 7.18. The normalized spacial score (nSPS) is 10.5. The summed E-state index contributed by atoms with van der Waals surface area (Å²) in [6.07, 6.45) is 1.61. The summed E-state index contributed by atoms with van der Waals surface area (Å²) in [6.45, 7) is 0.778. The number of para-hydroxylation sites is 1. The first-order valence-corrected chi connectivity index (χ1v) is 10.7. The van der Waals surface area contributed by atoms with E-state index in [1.54, 1.807) is 30.5 Å². The van der Waals surface area contributed by atoms with Gasteiger partial charge in [-0.2, -0.15) is 0 Å². The molecule has 0 fully saturated rings. The Morgan fingerprint density at radius 1 is 0.812 bits per heavy atom. The molecule has 0 spiro atoms. The minimum absolute atomic E-state index is 0.250. The standard InChI is InChI=1S/C24H21N3O4S/c28-23(21-11-12-22(32-21)27-24(29)26-18-7-2-1-3-8-18)25-19-9-4-6-17(14-19)15-30-16-20-10-5-13-31-20/h1-14H,15-16H2,(H,25,28)(H2,26,27,29). The third-order valence-electron chi connectivity index (χ3n) is 4.38. The second-order valence-corrected chi connectivity index (χ2v) is 7.92. The minimum atomic E-state index is -0.368. The molecule has 4 rings (SSSR count). The van der Waals surface area contributed by atoms with Crippen LogP contribution in [-0.4, -0.2) is 11.9 Å². The van der Waals surface area contributed by atoms with Gasteiger partial charge in [-0.15, -0.1) is 11.3 Å². The van der Waals surface area contributed by atoms with Crippen molar-refractivity contribution in [2.45, 2.75) is 13.2 Å². The number of urea groups is 1. The monoisotopic (exact) mass is 447 g/mol. The Morgan fingerprint density at radius 2 is 1.66 bits per heavy atom. The molecule has 2 aromatic heterocycles. The number of benzene rings is 2. The maximum absolute atomic E-state index is 12.6. The van der Waals surface area contributed by atoms with E-state index in [2.05, 4.69) is 16.0 Å². The van der Waals surface area contributed by atoms with Crippen LogP contribution in [0.2, 0.25) is 0 Å². The number of furan rings is 1. The Bertz CT molecular complexity index is 1170. The minimum Gasteiger partial charge on any atom is -0.467 e. The van der Waals surface area contributed by atoms with Crippen LogP contribution in [0, 0.1) is 0 Å². The van der Waals surface area contributed by atoms with Crippen molar-refractivity contribution >= 4 is 39.7 Å². The highest BCUT2D eigenvalue weighted by atomic mass is 32.1. The van der Waals surface area contributed by atoms with E-state index in [1.807, 2.05) is 54.6 Å². The van der Waals surface area contributed by atoms with Crippen molar-refractivity contribution < 1.29 is 18.7 Å². The van der Waals surface area contributed by atoms with Gasteiger partial charge in [-0.25, -0.2) is 4.79 Å². The van der Waals surface area contributed by atoms with Crippen molar-refractivity contribution in [3.8, 4) is 0 Å². The lowest BCUT2D eigenvalue weighted by Gasteiger charge is -2.07. The molecule has 8 heteroatoms. The Labute approximate surface area is 189 Å². The largest absolute Gasteiger partial charge is 0.467 e. The maximum Gasteiger partial charge on any atom is 0.324 e. The Hall–Kier alpha value is -3.88. The predicted molar refractivity (Wildman–Crippen MR) is 125 cm³/mol. The maximum atomic E-state index is 12.6. The van der Waals surface area contributed by atoms with E-state index >= 15 is 0 Å². The number of amides is 3. The summed E-state index contributed by atoms with van der Waals surface area (Å²) < 4.78 is 10.9. The number of nitrogens with one attached hydrogen (secondary N) is 3. The average molecular weight is 448 g/mol. The molecule has 0 aliphatic heterocycles. The molecule has 2 heterocycles. The molecule has 0 aliphatic carbocycles. The molecule has 0 atom stereocenters. The Kier molecular flexibility index (Phi) is 6.96. The zero-order valence-electron chi connectivity index (χ0n) is 17.0. The molecule has 0 radical (unpaired) electrons. The van der Waals surface area contributed by atoms with E-state index in [4.69, 9.17) is 9.15 Å². The SMILES string of the molecule is O=C(Nc1ccccc1)Nc1ccc(C(=O)Nc2cccc(COCc3ccco3)c2)s1. The molecule has 3 amide bonds. The van der Waals surface area contributed by atoms with Crippen LogP contribution in [0.1, 0.15) is 21.0 Å². The average Bonchev–Trinajstić information content (AvgIpc) is 3.47. The molecule has 0 aliphatic rings. The van der Waals surface area contributed by atoms with Crippen LogP contribution in [0.15, 0.2) is 89.5 Å². The molecule has 4 aromatic rings. The fourth-order valence-electron chi connectivity index (χ4n) is 2.92. The van der Waals surface area contributed by atoms with Gasteiger partial charge in [0.05, 0.1) is 22.7 Å². The lowest BCUT2D eigenvalue weighted by molar-refractivity contribution is 0.0929. The van der Waals surface area contributed by atoms with Crippen molar-refractivity contribution in [3.63, 3.8) is 0 Å². The van der Waals surface area contributed by atoms with Gasteiger partial charge in [0.15, 0.2) is 0 Å². The summed E-state index contributed by atoms with van der Waals surface area (Å²) in [5.74, 6) is 0.509. The van der Waals surface area contributed by atoms with Crippen molar-refractivity contribution in [3.05, 3.63) is 101 Å². The molecular weight excluding hydrogens is 426 g/mol. The van der Waals surface area contributed by atoms with Gasteiger partial charge in [-0.1, -0.05) is 30.3 Å². The molecule has 32 heavy (non-hydrogen) atoms. The fraction of sp³-hybridized carbons (Fsp3) is 0.0833. The summed E-state index contributed by atoms with van der Waals surface area (Å²) >= 11 is 1.20. The molecule has 0 bridgehead atoms. The van der Waals surface area contributed by atoms with Gasteiger partial charge < -0.3 is 19.8 Å². The van der Waals surface area contributed by atoms with E-state index < -0.39 is 0 Å². The van der Waals surface area contributed by atoms with Gasteiger partial charge >= 0.3 is 6.03 Å². The number of anilines is 3. The zero-order chi connectivity index (χ0) is 22.2. The van der Waals surface area contributed by atoms with Gasteiger partial charge in [0.25, 0.3) is 5.91 Å². The highest BCUT2D eigenvalue weighted by Crippen LogP contribution is 2.23. The van der Waals surface area contributed by atoms with Crippen LogP contribution in [0.5, 0.6) is 0 Å². The van der Waals surface area contributed by atoms with Crippen molar-refractivity contribution in [2.24, 2.45) is 0 Å². The van der Waals surface area contributed by atoms with Gasteiger partial charge in [-0.3, -0.25) is 10.1 Å². The molecule has 2 aromatic carbocycles. The summed E-state index contributed by atoms with van der Waals surface area (Å²) in [5.41, 5.74) is 2.28. The summed E-state index contributed by atoms with van der Waals surface area (Å²) in [5, 5.41) is 8.93. The summed E-state index contributed by atoms with van der Waals surface area (Å²) in [7, 11) is 0. The van der Waals surface area contributed by atoms with E-state index in [-0.39, 0.29) is 11.9 Å². The van der Waals surface area contributed by atoms with Gasteiger partial charge in [0, 0.05) is 11.4 Å². The molecule has 3 N–H and O–H groups in total. The second-order valence-electron chi connectivity index (χ2n) is 6.84. The Morgan fingerprint density at radius 3 is 2.47 bits per heavy atom. The predicted octanol–water partition coefficient (Wildman–Crippen LogP) is 5.95. The van der Waals surface area contributed by atoms with Crippen molar-refractivity contribution in [2.75, 3.05) is 16.0 Å². The third kappa shape index (κ3) is 6.07. The number of ether oxygens (including phenoxy) is 1. The lowest BCUT2D eigenvalue weighted by atomic mass is 10.2. The van der Waals surface area contributed by atoms with Gasteiger partial charge in [0.1, 0.15) is 12.4 Å². The second kappa shape index (κ2) is 10.4. The number of hydrogen-bond donors (Lipinski definition) is 3. The topological polar surface area (TPSA) is 92.6 Å². The number of thiophene rings is 1. The van der Waals surface area contributed by atoms with Crippen molar-refractivity contribution in [1.82, 2.24) is 0 Å². The fourth-order valence-corrected chi connectivity index (χ4v) is 3.72. The molecule has 0 unspecified atom stereocenters. The van der Waals surface area contributed by atoms with E-state index in [9.17, 15) is 9.59 Å². The number of carbonyl (C=O) groups is 2. The summed E-state index contributed by atoms with van der Waals surface area (Å²) in [4.78, 5) is 25.2. The summed E-state index contributed by atoms with van der Waals surface area (Å²) in [6, 6.07) is 23.3. The van der Waals surface area contributed by atoms with Crippen molar-refractivity contribution in [1.29, 1.82) is 0 Å². The molecular formula is C24H21N3O4S. The first-order valence-electron chi connectivity index (χ1n) is 9.89. The van der Waals surface area contributed by atoms with E-state index in [0.29, 0.717) is 34.5 Å². The number of hydrogen-bond acceptors (Lipinski definition) is 5. The van der Waals surface area contributed by atoms with Gasteiger partial charge in [0.2, 0.25) is 0 Å². The first kappa shape index (κ1) is 21.4. The molecule has 7 nitrogen and oxygen atoms in total. The van der Waals surface area contributed by atoms with Crippen LogP contribution in [-0.2, 0) is 18.0 Å². The highest BCUT2D eigenvalue weighted by Gasteiger charge is 2.12.